The number of carbonyl (C=O) groups is 1. The molecule has 6 nitrogen and oxygen atoms in total. The number of para-hydroxylation sites is 1. The molecule has 2 aromatic carbocycles. The molecule has 4 rings (SSSR count). The Morgan fingerprint density at radius 3 is 2.51 bits per heavy atom. The fraction of sp³-hybridized carbons (Fsp3) is 0.200. The van der Waals surface area contributed by atoms with E-state index in [1.54, 1.807) is 48.5 Å². The minimum Gasteiger partial charge on any atom is -0.443 e. The molecule has 0 unspecified atom stereocenters. The molecule has 0 aliphatic rings. The Labute approximate surface area is 199 Å². The number of halogens is 3. The van der Waals surface area contributed by atoms with Crippen molar-refractivity contribution in [2.24, 2.45) is 0 Å². The van der Waals surface area contributed by atoms with Gasteiger partial charge in [0.15, 0.2) is 5.78 Å². The van der Waals surface area contributed by atoms with Gasteiger partial charge in [-0.15, -0.1) is 0 Å². The monoisotopic (exact) mass is 502 g/mol. The molecule has 0 saturated heterocycles. The number of rotatable bonds is 8. The van der Waals surface area contributed by atoms with E-state index in [0.717, 1.165) is 17.8 Å². The van der Waals surface area contributed by atoms with Crippen molar-refractivity contribution in [3.63, 3.8) is 0 Å². The highest BCUT2D eigenvalue weighted by atomic mass is 32.2. The summed E-state index contributed by atoms with van der Waals surface area (Å²) in [6, 6.07) is 16.5. The highest BCUT2D eigenvalue weighted by Gasteiger charge is 2.30. The van der Waals surface area contributed by atoms with Crippen molar-refractivity contribution in [2.75, 3.05) is 0 Å². The van der Waals surface area contributed by atoms with E-state index in [0.29, 0.717) is 28.6 Å². The average molecular weight is 503 g/mol. The third-order valence-electron chi connectivity index (χ3n) is 5.46. The number of carbonyl (C=O) groups excluding carboxylic acids is 1. The standard InChI is InChI=1S/C25H21F3N2O4S/c1-16(30-35(32,33)24-14-19-6-2-3-8-23(19)34-24)22(31)12-9-17-5-4-7-18(13-17)21-11-10-20(15-29-21)25(26,27)28/h2-8,10-11,13-16,30H,9,12H2,1H3/t16-/m0/s1. The van der Waals surface area contributed by atoms with E-state index in [4.69, 9.17) is 4.42 Å². The van der Waals surface area contributed by atoms with Crippen molar-refractivity contribution in [2.45, 2.75) is 37.1 Å². The Bertz CT molecular complexity index is 1430. The van der Waals surface area contributed by atoms with E-state index < -0.39 is 27.8 Å². The summed E-state index contributed by atoms with van der Waals surface area (Å²) in [4.78, 5) is 16.5. The molecule has 182 valence electrons. The molecule has 0 radical (unpaired) electrons. The minimum atomic E-state index is -4.46. The largest absolute Gasteiger partial charge is 0.443 e. The first kappa shape index (κ1) is 24.6. The topological polar surface area (TPSA) is 89.3 Å². The highest BCUT2D eigenvalue weighted by Crippen LogP contribution is 2.30. The number of aryl methyl sites for hydroxylation is 1. The lowest BCUT2D eigenvalue weighted by atomic mass is 10.0. The zero-order valence-electron chi connectivity index (χ0n) is 18.5. The number of hydrogen-bond donors (Lipinski definition) is 1. The molecule has 0 aliphatic carbocycles. The van der Waals surface area contributed by atoms with E-state index in [1.165, 1.54) is 19.1 Å². The molecule has 35 heavy (non-hydrogen) atoms. The predicted molar refractivity (Wildman–Crippen MR) is 124 cm³/mol. The highest BCUT2D eigenvalue weighted by molar-refractivity contribution is 7.89. The summed E-state index contributed by atoms with van der Waals surface area (Å²) in [6.45, 7) is 1.46. The van der Waals surface area contributed by atoms with Crippen LogP contribution in [0, 0.1) is 0 Å². The third-order valence-corrected chi connectivity index (χ3v) is 6.85. The molecule has 2 aromatic heterocycles. The number of fused-ring (bicyclic) bond motifs is 1. The lowest BCUT2D eigenvalue weighted by molar-refractivity contribution is -0.137. The molecule has 0 saturated carbocycles. The molecular formula is C25H21F3N2O4S. The molecule has 1 atom stereocenters. The summed E-state index contributed by atoms with van der Waals surface area (Å²) in [5.41, 5.74) is 1.35. The fourth-order valence-corrected chi connectivity index (χ4v) is 4.74. The summed E-state index contributed by atoms with van der Waals surface area (Å²) < 4.78 is 71.3. The van der Waals surface area contributed by atoms with Crippen LogP contribution in [0.2, 0.25) is 0 Å². The van der Waals surface area contributed by atoms with Gasteiger partial charge >= 0.3 is 6.18 Å². The number of alkyl halides is 3. The minimum absolute atomic E-state index is 0.0632. The van der Waals surface area contributed by atoms with Gasteiger partial charge in [0.2, 0.25) is 5.09 Å². The molecule has 4 aromatic rings. The second kappa shape index (κ2) is 9.63. The van der Waals surface area contributed by atoms with Gasteiger partial charge in [-0.05, 0) is 43.2 Å². The average Bonchev–Trinajstić information content (AvgIpc) is 3.27. The second-order valence-corrected chi connectivity index (χ2v) is 9.69. The third kappa shape index (κ3) is 5.77. The van der Waals surface area contributed by atoms with Gasteiger partial charge in [-0.3, -0.25) is 9.78 Å². The summed E-state index contributed by atoms with van der Waals surface area (Å²) in [6.07, 6.45) is -3.30. The van der Waals surface area contributed by atoms with Crippen LogP contribution >= 0.6 is 0 Å². The van der Waals surface area contributed by atoms with Crippen LogP contribution in [0.4, 0.5) is 13.2 Å². The number of sulfonamides is 1. The van der Waals surface area contributed by atoms with Crippen molar-refractivity contribution in [1.82, 2.24) is 9.71 Å². The quantitative estimate of drug-likeness (QED) is 0.349. The van der Waals surface area contributed by atoms with Gasteiger partial charge in [-0.2, -0.15) is 17.9 Å². The Balaban J connectivity index is 1.39. The van der Waals surface area contributed by atoms with Crippen LogP contribution in [0.5, 0.6) is 0 Å². The molecule has 0 fully saturated rings. The molecule has 0 aliphatic heterocycles. The first-order valence-corrected chi connectivity index (χ1v) is 12.2. The van der Waals surface area contributed by atoms with E-state index >= 15 is 0 Å². The van der Waals surface area contributed by atoms with Crippen molar-refractivity contribution < 1.29 is 30.8 Å². The Morgan fingerprint density at radius 1 is 1.06 bits per heavy atom. The molecule has 0 bridgehead atoms. The van der Waals surface area contributed by atoms with Gasteiger partial charge < -0.3 is 4.42 Å². The lowest BCUT2D eigenvalue weighted by Gasteiger charge is -2.12. The van der Waals surface area contributed by atoms with Crippen LogP contribution in [0.15, 0.2) is 82.4 Å². The number of benzene rings is 2. The first-order chi connectivity index (χ1) is 16.5. The van der Waals surface area contributed by atoms with E-state index in [1.807, 2.05) is 0 Å². The van der Waals surface area contributed by atoms with Crippen LogP contribution in [-0.4, -0.2) is 25.2 Å². The normalized spacial score (nSPS) is 13.1. The second-order valence-electron chi connectivity index (χ2n) is 8.04. The Morgan fingerprint density at radius 2 is 1.83 bits per heavy atom. The molecule has 1 N–H and O–H groups in total. The van der Waals surface area contributed by atoms with Gasteiger partial charge in [0.25, 0.3) is 10.0 Å². The molecular weight excluding hydrogens is 481 g/mol. The molecule has 0 spiro atoms. The Kier molecular flexibility index (Phi) is 6.77. The maximum absolute atomic E-state index is 12.8. The molecule has 10 heteroatoms. The predicted octanol–water partition coefficient (Wildman–Crippen LogP) is 5.38. The van der Waals surface area contributed by atoms with Gasteiger partial charge in [-0.25, -0.2) is 8.42 Å². The number of pyridine rings is 1. The SMILES string of the molecule is C[C@H](NS(=O)(=O)c1cc2ccccc2o1)C(=O)CCc1cccc(-c2ccc(C(F)(F)F)cn2)c1. The van der Waals surface area contributed by atoms with E-state index in [2.05, 4.69) is 9.71 Å². The molecule has 2 heterocycles. The number of furan rings is 1. The zero-order valence-corrected chi connectivity index (χ0v) is 19.4. The summed E-state index contributed by atoms with van der Waals surface area (Å²) in [7, 11) is -4.03. The number of Topliss-reactive ketones (excluding diaryl/α,β-unsaturated/α-hetero) is 1. The first-order valence-electron chi connectivity index (χ1n) is 10.7. The van der Waals surface area contributed by atoms with Crippen molar-refractivity contribution in [3.05, 3.63) is 84.1 Å². The van der Waals surface area contributed by atoms with Gasteiger partial charge in [-0.1, -0.05) is 36.4 Å². The van der Waals surface area contributed by atoms with Crippen LogP contribution in [0.1, 0.15) is 24.5 Å². The fourth-order valence-electron chi connectivity index (χ4n) is 3.55. The summed E-state index contributed by atoms with van der Waals surface area (Å²) >= 11 is 0. The van der Waals surface area contributed by atoms with Crippen LogP contribution in [-0.2, 0) is 27.4 Å². The molecule has 0 amide bonds. The summed E-state index contributed by atoms with van der Waals surface area (Å²) in [5.74, 6) is -0.317. The van der Waals surface area contributed by atoms with Crippen LogP contribution in [0.3, 0.4) is 0 Å². The smallest absolute Gasteiger partial charge is 0.417 e. The zero-order chi connectivity index (χ0) is 25.2. The number of nitrogens with zero attached hydrogens (tertiary/aromatic N) is 1. The maximum Gasteiger partial charge on any atom is 0.417 e. The summed E-state index contributed by atoms with van der Waals surface area (Å²) in [5, 5.41) is 0.365. The van der Waals surface area contributed by atoms with Gasteiger partial charge in [0, 0.05) is 29.6 Å². The van der Waals surface area contributed by atoms with Crippen molar-refractivity contribution in [3.8, 4) is 11.3 Å². The van der Waals surface area contributed by atoms with E-state index in [9.17, 15) is 26.4 Å². The van der Waals surface area contributed by atoms with Crippen LogP contribution < -0.4 is 4.72 Å². The van der Waals surface area contributed by atoms with Crippen molar-refractivity contribution in [1.29, 1.82) is 0 Å². The number of aromatic nitrogens is 1. The van der Waals surface area contributed by atoms with E-state index in [-0.39, 0.29) is 17.3 Å². The maximum atomic E-state index is 12.8. The number of nitrogens with one attached hydrogen (secondary N) is 1. The lowest BCUT2D eigenvalue weighted by Crippen LogP contribution is -2.38. The van der Waals surface area contributed by atoms with Gasteiger partial charge in [0.1, 0.15) is 5.58 Å². The Hall–Kier alpha value is -3.50. The number of ketones is 1. The number of hydrogen-bond acceptors (Lipinski definition) is 5. The van der Waals surface area contributed by atoms with Gasteiger partial charge in [0.05, 0.1) is 17.3 Å². The van der Waals surface area contributed by atoms with Crippen LogP contribution in [0.25, 0.3) is 22.2 Å². The van der Waals surface area contributed by atoms with Crippen molar-refractivity contribution >= 4 is 26.8 Å².